The number of thiophene rings is 1. The highest BCUT2D eigenvalue weighted by Gasteiger charge is 2.33. The Morgan fingerprint density at radius 1 is 0.569 bits per heavy atom. The van der Waals surface area contributed by atoms with Crippen LogP contribution in [0.4, 0.5) is 5.69 Å². The molecule has 13 nitrogen and oxygen atoms in total. The first kappa shape index (κ1) is 41.0. The van der Waals surface area contributed by atoms with Gasteiger partial charge in [0.25, 0.3) is 0 Å². The standard InChI is InChI=1S/C44H43N5O8S/c50-38-26-39(51)45-32-19-15-29(16-20-32)24-37(44(56)57)49-41(53)34(22-27-8-3-1-4-9-27)46-40(52)35(23-28-13-17-31(18-14-28)30-10-5-2-6-11-30)47-42(54)36(48-43(38)55)25-33-12-7-21-58-33/h1-21,34-38,50H,22-26H2,(H,45,51)(H,46,52)(H,47,54)(H,48,55)(H,49,53)(H,56,57). The maximum Gasteiger partial charge on any atom is 0.326 e. The molecular formula is C44H43N5O8S. The molecule has 2 bridgehead atoms. The second-order valence-electron chi connectivity index (χ2n) is 14.0. The van der Waals surface area contributed by atoms with E-state index < -0.39 is 72.2 Å². The number of carbonyl (C=O) groups is 6. The van der Waals surface area contributed by atoms with Crippen LogP contribution < -0.4 is 26.6 Å². The molecule has 0 spiro atoms. The Hall–Kier alpha value is -6.64. The van der Waals surface area contributed by atoms with Crippen molar-refractivity contribution in [3.05, 3.63) is 148 Å². The smallest absolute Gasteiger partial charge is 0.326 e. The van der Waals surface area contributed by atoms with Crippen molar-refractivity contribution < 1.29 is 39.0 Å². The predicted octanol–water partition coefficient (Wildman–Crippen LogP) is 3.41. The minimum absolute atomic E-state index is 0.000531. The summed E-state index contributed by atoms with van der Waals surface area (Å²) in [5.41, 5.74) is 4.12. The van der Waals surface area contributed by atoms with Crippen molar-refractivity contribution in [3.63, 3.8) is 0 Å². The normalized spacial score (nSPS) is 21.1. The van der Waals surface area contributed by atoms with E-state index in [2.05, 4.69) is 26.6 Å². The van der Waals surface area contributed by atoms with Crippen molar-refractivity contribution in [2.24, 2.45) is 0 Å². The van der Waals surface area contributed by atoms with Gasteiger partial charge in [-0.15, -0.1) is 11.3 Å². The molecule has 298 valence electrons. The van der Waals surface area contributed by atoms with Crippen LogP contribution in [0.1, 0.15) is 28.0 Å². The van der Waals surface area contributed by atoms with Crippen LogP contribution in [0.15, 0.2) is 127 Å². The van der Waals surface area contributed by atoms with E-state index in [0.29, 0.717) is 22.4 Å². The van der Waals surface area contributed by atoms with Gasteiger partial charge in [-0.3, -0.25) is 24.0 Å². The lowest BCUT2D eigenvalue weighted by Gasteiger charge is -2.26. The first-order chi connectivity index (χ1) is 28.0. The van der Waals surface area contributed by atoms with Crippen molar-refractivity contribution in [2.75, 3.05) is 5.32 Å². The van der Waals surface area contributed by atoms with E-state index in [4.69, 9.17) is 0 Å². The maximum atomic E-state index is 14.4. The van der Waals surface area contributed by atoms with Crippen LogP contribution in [0.25, 0.3) is 11.1 Å². The number of aliphatic carboxylic acids is 1. The number of benzene rings is 4. The average molecular weight is 802 g/mol. The fourth-order valence-electron chi connectivity index (χ4n) is 6.53. The number of anilines is 1. The summed E-state index contributed by atoms with van der Waals surface area (Å²) >= 11 is 1.34. The van der Waals surface area contributed by atoms with Crippen LogP contribution in [-0.2, 0) is 54.5 Å². The van der Waals surface area contributed by atoms with Crippen LogP contribution >= 0.6 is 11.3 Å². The third-order valence-electron chi connectivity index (χ3n) is 9.64. The molecule has 0 aliphatic carbocycles. The molecule has 3 heterocycles. The molecule has 5 amide bonds. The number of hydrogen-bond acceptors (Lipinski definition) is 8. The third-order valence-corrected chi connectivity index (χ3v) is 10.5. The van der Waals surface area contributed by atoms with Gasteiger partial charge in [0.1, 0.15) is 30.3 Å². The molecule has 7 rings (SSSR count). The molecule has 2 aliphatic heterocycles. The summed E-state index contributed by atoms with van der Waals surface area (Å²) in [6.07, 6.45) is -2.58. The van der Waals surface area contributed by atoms with Gasteiger partial charge in [0, 0.05) is 36.2 Å². The minimum Gasteiger partial charge on any atom is -0.480 e. The van der Waals surface area contributed by atoms with E-state index in [-0.39, 0.29) is 25.7 Å². The number of amides is 5. The van der Waals surface area contributed by atoms with E-state index in [1.54, 1.807) is 60.0 Å². The number of carboxylic acids is 1. The zero-order chi connectivity index (χ0) is 41.0. The highest BCUT2D eigenvalue weighted by atomic mass is 32.1. The summed E-state index contributed by atoms with van der Waals surface area (Å²) < 4.78 is 0. The van der Waals surface area contributed by atoms with Crippen LogP contribution in [-0.4, -0.2) is 76.0 Å². The summed E-state index contributed by atoms with van der Waals surface area (Å²) in [7, 11) is 0. The van der Waals surface area contributed by atoms with Crippen molar-refractivity contribution in [2.45, 2.75) is 62.4 Å². The number of aliphatic hydroxyl groups is 1. The first-order valence-corrected chi connectivity index (χ1v) is 19.6. The second-order valence-corrected chi connectivity index (χ2v) is 15.0. The summed E-state index contributed by atoms with van der Waals surface area (Å²) in [5, 5.41) is 36.0. The molecule has 58 heavy (non-hydrogen) atoms. The number of hydrogen-bond donors (Lipinski definition) is 7. The van der Waals surface area contributed by atoms with E-state index in [1.165, 1.54) is 23.5 Å². The molecular weight excluding hydrogens is 759 g/mol. The summed E-state index contributed by atoms with van der Waals surface area (Å²) in [5.74, 6) is -5.20. The van der Waals surface area contributed by atoms with Crippen LogP contribution in [0.5, 0.6) is 0 Å². The summed E-state index contributed by atoms with van der Waals surface area (Å²) in [4.78, 5) is 81.9. The Bertz CT molecular complexity index is 2200. The molecule has 7 N–H and O–H groups in total. The molecule has 5 unspecified atom stereocenters. The van der Waals surface area contributed by atoms with Crippen molar-refractivity contribution in [3.8, 4) is 11.1 Å². The SMILES string of the molecule is O=C1CC(O)C(=O)NC(Cc2cccs2)C(=O)NC(Cc2ccc(-c3ccccc3)cc2)C(=O)NC(Cc2ccccc2)C(=O)NC(C(=O)O)Cc2ccc(cc2)N1. The zero-order valence-electron chi connectivity index (χ0n) is 31.3. The van der Waals surface area contributed by atoms with Crippen LogP contribution in [0.2, 0.25) is 0 Å². The molecule has 14 heteroatoms. The topological polar surface area (TPSA) is 203 Å². The highest BCUT2D eigenvalue weighted by Crippen LogP contribution is 2.21. The lowest BCUT2D eigenvalue weighted by atomic mass is 9.99. The van der Waals surface area contributed by atoms with Gasteiger partial charge in [-0.25, -0.2) is 4.79 Å². The first-order valence-electron chi connectivity index (χ1n) is 18.7. The third kappa shape index (κ3) is 11.5. The van der Waals surface area contributed by atoms with E-state index >= 15 is 0 Å². The summed E-state index contributed by atoms with van der Waals surface area (Å²) in [6, 6.07) is 30.6. The number of carboxylic acid groups (broad SMARTS) is 1. The van der Waals surface area contributed by atoms with Gasteiger partial charge in [-0.1, -0.05) is 103 Å². The second kappa shape index (κ2) is 19.5. The Labute approximate surface area is 338 Å². The van der Waals surface area contributed by atoms with Gasteiger partial charge < -0.3 is 36.8 Å². The van der Waals surface area contributed by atoms with Gasteiger partial charge in [0.05, 0.1) is 6.42 Å². The average Bonchev–Trinajstić information content (AvgIpc) is 3.74. The van der Waals surface area contributed by atoms with Crippen LogP contribution in [0, 0.1) is 0 Å². The lowest BCUT2D eigenvalue weighted by Crippen LogP contribution is -2.59. The fraction of sp³-hybridized carbons (Fsp3) is 0.227. The van der Waals surface area contributed by atoms with Gasteiger partial charge in [0.15, 0.2) is 0 Å². The van der Waals surface area contributed by atoms with E-state index in [0.717, 1.165) is 16.0 Å². The number of aliphatic hydroxyl groups excluding tert-OH is 1. The zero-order valence-corrected chi connectivity index (χ0v) is 32.1. The number of rotatable bonds is 8. The van der Waals surface area contributed by atoms with Gasteiger partial charge >= 0.3 is 5.97 Å². The van der Waals surface area contributed by atoms with Crippen LogP contribution in [0.3, 0.4) is 0 Å². The molecule has 5 atom stereocenters. The van der Waals surface area contributed by atoms with Gasteiger partial charge in [-0.05, 0) is 51.4 Å². The number of nitrogens with one attached hydrogen (secondary N) is 5. The van der Waals surface area contributed by atoms with Crippen molar-refractivity contribution in [1.29, 1.82) is 0 Å². The fourth-order valence-corrected chi connectivity index (χ4v) is 7.28. The minimum atomic E-state index is -1.82. The van der Waals surface area contributed by atoms with Gasteiger partial charge in [0.2, 0.25) is 29.5 Å². The van der Waals surface area contributed by atoms with E-state index in [1.807, 2.05) is 54.6 Å². The van der Waals surface area contributed by atoms with Crippen molar-refractivity contribution in [1.82, 2.24) is 21.3 Å². The molecule has 2 aliphatic rings. The molecule has 0 saturated carbocycles. The molecule has 0 fully saturated rings. The van der Waals surface area contributed by atoms with E-state index in [9.17, 15) is 39.0 Å². The Kier molecular flexibility index (Phi) is 13.8. The lowest BCUT2D eigenvalue weighted by molar-refractivity contribution is -0.142. The Morgan fingerprint density at radius 3 is 1.69 bits per heavy atom. The maximum absolute atomic E-state index is 14.4. The monoisotopic (exact) mass is 801 g/mol. The Morgan fingerprint density at radius 2 is 1.10 bits per heavy atom. The number of carbonyl (C=O) groups excluding carboxylic acids is 5. The molecule has 0 radical (unpaired) electrons. The molecule has 4 aromatic carbocycles. The van der Waals surface area contributed by atoms with Crippen molar-refractivity contribution >= 4 is 52.5 Å². The predicted molar refractivity (Wildman–Crippen MR) is 219 cm³/mol. The Balaban J connectivity index is 1.35. The quantitative estimate of drug-likeness (QED) is 0.116. The van der Waals surface area contributed by atoms with Gasteiger partial charge in [-0.2, -0.15) is 0 Å². The largest absolute Gasteiger partial charge is 0.480 e. The summed E-state index contributed by atoms with van der Waals surface area (Å²) in [6.45, 7) is 0. The molecule has 1 aromatic heterocycles. The number of fused-ring (bicyclic) bond motifs is 18. The molecule has 5 aromatic rings. The highest BCUT2D eigenvalue weighted by molar-refractivity contribution is 7.09. The molecule has 0 saturated heterocycles.